The topological polar surface area (TPSA) is 53.5 Å². The van der Waals surface area contributed by atoms with Gasteiger partial charge in [-0.25, -0.2) is 9.97 Å². The third kappa shape index (κ3) is 3.77. The zero-order valence-corrected chi connectivity index (χ0v) is 26.1. The highest BCUT2D eigenvalue weighted by Gasteiger charge is 2.25. The maximum Gasteiger partial charge on any atom is 0.217 e. The molecule has 10 aromatic rings. The number of imidazole rings is 1. The number of rotatable bonds is 4. The van der Waals surface area contributed by atoms with Crippen molar-refractivity contribution in [2.24, 2.45) is 7.05 Å². The summed E-state index contributed by atoms with van der Waals surface area (Å²) in [5, 5.41) is 4.75. The molecule has 0 fully saturated rings. The van der Waals surface area contributed by atoms with Gasteiger partial charge in [0.1, 0.15) is 11.2 Å². The molecular formula is C42H28N6. The van der Waals surface area contributed by atoms with E-state index in [4.69, 9.17) is 15.0 Å². The molecule has 0 saturated heterocycles. The monoisotopic (exact) mass is 616 g/mol. The minimum atomic E-state index is 0.653. The first-order valence-corrected chi connectivity index (χ1v) is 16.1. The predicted molar refractivity (Wildman–Crippen MR) is 196 cm³/mol. The molecule has 226 valence electrons. The Morgan fingerprint density at radius 1 is 0.417 bits per heavy atom. The fourth-order valence-electron chi connectivity index (χ4n) is 7.37. The van der Waals surface area contributed by atoms with E-state index >= 15 is 0 Å². The molecule has 6 heteroatoms. The first-order chi connectivity index (χ1) is 23.8. The van der Waals surface area contributed by atoms with E-state index in [1.54, 1.807) is 0 Å². The summed E-state index contributed by atoms with van der Waals surface area (Å²) < 4.78 is 6.88. The van der Waals surface area contributed by atoms with Crippen LogP contribution in [0.25, 0.3) is 89.1 Å². The smallest absolute Gasteiger partial charge is 0.217 e. The molecule has 10 rings (SSSR count). The van der Waals surface area contributed by atoms with Crippen molar-refractivity contribution in [2.75, 3.05) is 0 Å². The number of aryl methyl sites for hydroxylation is 1. The number of para-hydroxylation sites is 3. The maximum absolute atomic E-state index is 5.36. The molecule has 6 aromatic carbocycles. The number of hydrogen-bond acceptors (Lipinski definition) is 3. The minimum absolute atomic E-state index is 0.653. The van der Waals surface area contributed by atoms with Gasteiger partial charge in [0.15, 0.2) is 11.5 Å². The van der Waals surface area contributed by atoms with Gasteiger partial charge in [0.2, 0.25) is 5.95 Å². The van der Waals surface area contributed by atoms with Crippen molar-refractivity contribution >= 4 is 54.8 Å². The fraction of sp³-hybridized carbons (Fsp3) is 0.0238. The standard InChI is InChI=1S/C42H28N6/c1-46-39-36(27-15-5-2-6-16-27)43-40(28-17-7-3-8-18-28)44-41(39)45-42(46)48-35-24-14-12-22-31(35)33-26-25-32-30-21-11-13-23-34(30)47(37(32)38(33)48)29-19-9-4-10-20-29/h2-26H,1H3. The van der Waals surface area contributed by atoms with Gasteiger partial charge in [-0.1, -0.05) is 127 Å². The SMILES string of the molecule is Cn1c(-n2c3ccccc3c3ccc4c5ccccc5n(-c5ccccc5)c4c32)nc2nc(-c3ccccc3)nc(-c3ccccc3)c21. The third-order valence-electron chi connectivity index (χ3n) is 9.47. The quantitative estimate of drug-likeness (QED) is 0.198. The Bertz CT molecular complexity index is 2830. The summed E-state index contributed by atoms with van der Waals surface area (Å²) in [6.07, 6.45) is 0. The second kappa shape index (κ2) is 10.2. The van der Waals surface area contributed by atoms with E-state index < -0.39 is 0 Å². The van der Waals surface area contributed by atoms with Crippen LogP contribution in [0.4, 0.5) is 0 Å². The Balaban J connectivity index is 1.38. The van der Waals surface area contributed by atoms with Crippen molar-refractivity contribution in [2.45, 2.75) is 0 Å². The van der Waals surface area contributed by atoms with Crippen LogP contribution < -0.4 is 0 Å². The van der Waals surface area contributed by atoms with E-state index in [1.807, 2.05) is 36.4 Å². The molecular weight excluding hydrogens is 589 g/mol. The van der Waals surface area contributed by atoms with Gasteiger partial charge < -0.3 is 9.13 Å². The van der Waals surface area contributed by atoms with Crippen molar-refractivity contribution in [1.29, 1.82) is 0 Å². The first kappa shape index (κ1) is 26.7. The molecule has 0 atom stereocenters. The van der Waals surface area contributed by atoms with Crippen LogP contribution >= 0.6 is 0 Å². The lowest BCUT2D eigenvalue weighted by atomic mass is 10.1. The van der Waals surface area contributed by atoms with Crippen molar-refractivity contribution in [3.05, 3.63) is 152 Å². The summed E-state index contributed by atoms with van der Waals surface area (Å²) in [4.78, 5) is 15.6. The van der Waals surface area contributed by atoms with Crippen LogP contribution in [0, 0.1) is 0 Å². The molecule has 0 spiro atoms. The van der Waals surface area contributed by atoms with Crippen LogP contribution in [0.5, 0.6) is 0 Å². The molecule has 0 aliphatic heterocycles. The highest BCUT2D eigenvalue weighted by Crippen LogP contribution is 2.42. The van der Waals surface area contributed by atoms with E-state index in [-0.39, 0.29) is 0 Å². The van der Waals surface area contributed by atoms with E-state index in [0.717, 1.165) is 56.0 Å². The van der Waals surface area contributed by atoms with Gasteiger partial charge in [-0.2, -0.15) is 4.98 Å². The van der Waals surface area contributed by atoms with Crippen molar-refractivity contribution < 1.29 is 0 Å². The Morgan fingerprint density at radius 3 is 1.58 bits per heavy atom. The molecule has 48 heavy (non-hydrogen) atoms. The maximum atomic E-state index is 5.36. The second-order valence-corrected chi connectivity index (χ2v) is 12.2. The van der Waals surface area contributed by atoms with E-state index in [1.165, 1.54) is 21.5 Å². The van der Waals surface area contributed by atoms with Gasteiger partial charge in [0.05, 0.1) is 22.1 Å². The third-order valence-corrected chi connectivity index (χ3v) is 9.47. The summed E-state index contributed by atoms with van der Waals surface area (Å²) in [6.45, 7) is 0. The van der Waals surface area contributed by atoms with Gasteiger partial charge in [0, 0.05) is 45.4 Å². The van der Waals surface area contributed by atoms with Crippen LogP contribution in [0.3, 0.4) is 0 Å². The molecule has 0 saturated carbocycles. The molecule has 0 unspecified atom stereocenters. The number of fused-ring (bicyclic) bond motifs is 8. The molecule has 0 radical (unpaired) electrons. The van der Waals surface area contributed by atoms with Crippen LogP contribution in [0.1, 0.15) is 0 Å². The van der Waals surface area contributed by atoms with Gasteiger partial charge >= 0.3 is 0 Å². The Morgan fingerprint density at radius 2 is 0.938 bits per heavy atom. The van der Waals surface area contributed by atoms with Crippen LogP contribution in [0.2, 0.25) is 0 Å². The second-order valence-electron chi connectivity index (χ2n) is 12.2. The Hall–Kier alpha value is -6.53. The largest absolute Gasteiger partial charge is 0.309 e. The average molecular weight is 617 g/mol. The van der Waals surface area contributed by atoms with Gasteiger partial charge in [-0.05, 0) is 24.3 Å². The van der Waals surface area contributed by atoms with Gasteiger partial charge in [-0.15, -0.1) is 0 Å². The lowest BCUT2D eigenvalue weighted by molar-refractivity contribution is 0.869. The van der Waals surface area contributed by atoms with Crippen molar-refractivity contribution in [1.82, 2.24) is 28.7 Å². The first-order valence-electron chi connectivity index (χ1n) is 16.1. The zero-order valence-electron chi connectivity index (χ0n) is 26.1. The molecule has 0 aliphatic carbocycles. The fourth-order valence-corrected chi connectivity index (χ4v) is 7.37. The molecule has 0 amide bonds. The number of aromatic nitrogens is 6. The zero-order chi connectivity index (χ0) is 31.8. The predicted octanol–water partition coefficient (Wildman–Crippen LogP) is 9.89. The summed E-state index contributed by atoms with van der Waals surface area (Å²) in [7, 11) is 2.08. The molecule has 0 aliphatic rings. The lowest BCUT2D eigenvalue weighted by Crippen LogP contribution is -2.05. The summed E-state index contributed by atoms with van der Waals surface area (Å²) in [5.74, 6) is 1.44. The number of nitrogens with zero attached hydrogens (tertiary/aromatic N) is 6. The molecule has 4 heterocycles. The normalized spacial score (nSPS) is 11.9. The highest BCUT2D eigenvalue weighted by molar-refractivity contribution is 6.23. The van der Waals surface area contributed by atoms with Crippen molar-refractivity contribution in [3.63, 3.8) is 0 Å². The van der Waals surface area contributed by atoms with Crippen molar-refractivity contribution in [3.8, 4) is 34.3 Å². The Labute approximate surface area is 275 Å². The molecule has 6 nitrogen and oxygen atoms in total. The summed E-state index contributed by atoms with van der Waals surface area (Å²) >= 11 is 0. The van der Waals surface area contributed by atoms with E-state index in [2.05, 4.69) is 136 Å². The van der Waals surface area contributed by atoms with Crippen LogP contribution in [-0.4, -0.2) is 28.7 Å². The van der Waals surface area contributed by atoms with Crippen LogP contribution in [0.15, 0.2) is 152 Å². The van der Waals surface area contributed by atoms with Gasteiger partial charge in [-0.3, -0.25) is 4.57 Å². The van der Waals surface area contributed by atoms with Gasteiger partial charge in [0.25, 0.3) is 0 Å². The molecule has 4 aromatic heterocycles. The molecule has 0 N–H and O–H groups in total. The average Bonchev–Trinajstić information content (AvgIpc) is 3.79. The number of hydrogen-bond donors (Lipinski definition) is 0. The minimum Gasteiger partial charge on any atom is -0.309 e. The summed E-state index contributed by atoms with van der Waals surface area (Å²) in [6, 6.07) is 52.9. The Kier molecular flexibility index (Phi) is 5.69. The highest BCUT2D eigenvalue weighted by atomic mass is 15.3. The van der Waals surface area contributed by atoms with E-state index in [9.17, 15) is 0 Å². The van der Waals surface area contributed by atoms with E-state index in [0.29, 0.717) is 11.5 Å². The number of benzene rings is 6. The lowest BCUT2D eigenvalue weighted by Gasteiger charge is -2.12. The molecule has 0 bridgehead atoms. The van der Waals surface area contributed by atoms with Crippen LogP contribution in [-0.2, 0) is 7.05 Å². The summed E-state index contributed by atoms with van der Waals surface area (Å²) in [5.41, 5.74) is 9.97.